The number of amides is 1. The van der Waals surface area contributed by atoms with E-state index in [0.717, 1.165) is 32.1 Å². The summed E-state index contributed by atoms with van der Waals surface area (Å²) in [6.07, 6.45) is 5.56. The molecule has 1 N–H and O–H groups in total. The second-order valence-corrected chi connectivity index (χ2v) is 3.94. The predicted octanol–water partition coefficient (Wildman–Crippen LogP) is 1.99. The molecular weight excluding hydrogens is 176 g/mol. The Labute approximate surface area is 85.5 Å². The molecule has 0 spiro atoms. The number of hydrogen-bond donors (Lipinski definition) is 1. The normalized spacial score (nSPS) is 25.7. The number of carbonyl (C=O) groups is 1. The van der Waals surface area contributed by atoms with E-state index in [1.807, 2.05) is 0 Å². The predicted molar refractivity (Wildman–Crippen MR) is 54.4 cm³/mol. The summed E-state index contributed by atoms with van der Waals surface area (Å²) < 4.78 is 0. The van der Waals surface area contributed by atoms with E-state index >= 15 is 0 Å². The lowest BCUT2D eigenvalue weighted by molar-refractivity contribution is -0.122. The third-order valence-electron chi connectivity index (χ3n) is 2.79. The van der Waals surface area contributed by atoms with Crippen LogP contribution in [0.5, 0.6) is 0 Å². The fraction of sp³-hybridized carbons (Fsp3) is 0.818. The molecule has 2 atom stereocenters. The Morgan fingerprint density at radius 1 is 1.57 bits per heavy atom. The van der Waals surface area contributed by atoms with Crippen LogP contribution in [0.1, 0.15) is 45.4 Å². The van der Waals surface area contributed by atoms with E-state index in [1.54, 1.807) is 0 Å². The molecule has 3 nitrogen and oxygen atoms in total. The number of nitriles is 1. The number of nitrogens with one attached hydrogen (secondary N) is 1. The van der Waals surface area contributed by atoms with Gasteiger partial charge in [0.15, 0.2) is 0 Å². The molecule has 1 aliphatic rings. The van der Waals surface area contributed by atoms with Gasteiger partial charge in [-0.05, 0) is 25.7 Å². The molecule has 2 unspecified atom stereocenters. The van der Waals surface area contributed by atoms with Crippen LogP contribution in [0.4, 0.5) is 0 Å². The van der Waals surface area contributed by atoms with Crippen LogP contribution in [0.3, 0.4) is 0 Å². The number of nitrogens with zero attached hydrogens (tertiary/aromatic N) is 1. The van der Waals surface area contributed by atoms with Gasteiger partial charge in [0.25, 0.3) is 0 Å². The molecule has 0 heterocycles. The van der Waals surface area contributed by atoms with E-state index in [0.29, 0.717) is 6.42 Å². The van der Waals surface area contributed by atoms with E-state index in [4.69, 9.17) is 5.26 Å². The van der Waals surface area contributed by atoms with Crippen molar-refractivity contribution in [3.05, 3.63) is 0 Å². The largest absolute Gasteiger partial charge is 0.352 e. The third-order valence-corrected chi connectivity index (χ3v) is 2.79. The zero-order valence-corrected chi connectivity index (χ0v) is 8.75. The minimum Gasteiger partial charge on any atom is -0.352 e. The molecule has 0 radical (unpaired) electrons. The summed E-state index contributed by atoms with van der Waals surface area (Å²) in [5.41, 5.74) is 0. The molecule has 1 fully saturated rings. The molecule has 1 saturated carbocycles. The van der Waals surface area contributed by atoms with Crippen molar-refractivity contribution < 1.29 is 4.79 Å². The Hall–Kier alpha value is -1.04. The molecule has 14 heavy (non-hydrogen) atoms. The Bertz CT molecular complexity index is 232. The number of rotatable bonds is 4. The molecule has 0 bridgehead atoms. The van der Waals surface area contributed by atoms with E-state index < -0.39 is 0 Å². The van der Waals surface area contributed by atoms with Crippen LogP contribution in [0.2, 0.25) is 0 Å². The summed E-state index contributed by atoms with van der Waals surface area (Å²) in [6, 6.07) is 2.38. The van der Waals surface area contributed by atoms with Gasteiger partial charge in [-0.3, -0.25) is 4.79 Å². The molecule has 0 aromatic rings. The highest BCUT2D eigenvalue weighted by Gasteiger charge is 2.27. The van der Waals surface area contributed by atoms with Crippen molar-refractivity contribution in [2.75, 3.05) is 0 Å². The number of unbranched alkanes of at least 4 members (excludes halogenated alkanes) is 1. The van der Waals surface area contributed by atoms with Crippen LogP contribution in [-0.2, 0) is 4.79 Å². The van der Waals surface area contributed by atoms with Gasteiger partial charge in [-0.25, -0.2) is 0 Å². The first-order valence-electron chi connectivity index (χ1n) is 5.47. The third kappa shape index (κ3) is 3.02. The van der Waals surface area contributed by atoms with Crippen LogP contribution in [0.15, 0.2) is 0 Å². The van der Waals surface area contributed by atoms with Gasteiger partial charge in [-0.15, -0.1) is 0 Å². The van der Waals surface area contributed by atoms with Crippen LogP contribution >= 0.6 is 0 Å². The minimum atomic E-state index is 0.0422. The fourth-order valence-corrected chi connectivity index (χ4v) is 1.90. The highest BCUT2D eigenvalue weighted by atomic mass is 16.1. The molecule has 1 rings (SSSR count). The van der Waals surface area contributed by atoms with Crippen molar-refractivity contribution in [3.63, 3.8) is 0 Å². The molecular formula is C11H18N2O. The van der Waals surface area contributed by atoms with E-state index in [9.17, 15) is 4.79 Å². The molecule has 3 heteroatoms. The SMILES string of the molecule is CCCCC(=O)NC1CCCC1C#N. The van der Waals surface area contributed by atoms with E-state index in [2.05, 4.69) is 18.3 Å². The maximum absolute atomic E-state index is 11.4. The number of carbonyl (C=O) groups excluding carboxylic acids is 1. The Kier molecular flexibility index (Phi) is 4.45. The van der Waals surface area contributed by atoms with E-state index in [1.165, 1.54) is 0 Å². The second-order valence-electron chi connectivity index (χ2n) is 3.94. The summed E-state index contributed by atoms with van der Waals surface area (Å²) in [7, 11) is 0. The van der Waals surface area contributed by atoms with Gasteiger partial charge < -0.3 is 5.32 Å². The lowest BCUT2D eigenvalue weighted by Gasteiger charge is -2.15. The molecule has 0 saturated heterocycles. The summed E-state index contributed by atoms with van der Waals surface area (Å²) in [5, 5.41) is 11.8. The van der Waals surface area contributed by atoms with Gasteiger partial charge in [0.1, 0.15) is 0 Å². The zero-order valence-electron chi connectivity index (χ0n) is 8.75. The van der Waals surface area contributed by atoms with Crippen molar-refractivity contribution in [1.29, 1.82) is 5.26 Å². The van der Waals surface area contributed by atoms with Crippen molar-refractivity contribution in [3.8, 4) is 6.07 Å². The Morgan fingerprint density at radius 2 is 2.36 bits per heavy atom. The van der Waals surface area contributed by atoms with Gasteiger partial charge in [0.2, 0.25) is 5.91 Å². The van der Waals surface area contributed by atoms with Crippen molar-refractivity contribution in [1.82, 2.24) is 5.32 Å². The topological polar surface area (TPSA) is 52.9 Å². The van der Waals surface area contributed by atoms with Gasteiger partial charge >= 0.3 is 0 Å². The molecule has 78 valence electrons. The Morgan fingerprint density at radius 3 is 3.00 bits per heavy atom. The van der Waals surface area contributed by atoms with Crippen LogP contribution < -0.4 is 5.32 Å². The maximum atomic E-state index is 11.4. The van der Waals surface area contributed by atoms with Gasteiger partial charge in [-0.1, -0.05) is 13.3 Å². The average molecular weight is 194 g/mol. The fourth-order valence-electron chi connectivity index (χ4n) is 1.90. The van der Waals surface area contributed by atoms with E-state index in [-0.39, 0.29) is 17.9 Å². The number of hydrogen-bond acceptors (Lipinski definition) is 2. The second kappa shape index (κ2) is 5.64. The molecule has 0 aliphatic heterocycles. The summed E-state index contributed by atoms with van der Waals surface area (Å²) >= 11 is 0. The quantitative estimate of drug-likeness (QED) is 0.744. The smallest absolute Gasteiger partial charge is 0.220 e. The molecule has 1 amide bonds. The van der Waals surface area contributed by atoms with Crippen molar-refractivity contribution in [2.45, 2.75) is 51.5 Å². The average Bonchev–Trinajstić information content (AvgIpc) is 2.62. The van der Waals surface area contributed by atoms with Gasteiger partial charge in [-0.2, -0.15) is 5.26 Å². The molecule has 0 aromatic heterocycles. The first-order chi connectivity index (χ1) is 6.77. The summed E-state index contributed by atoms with van der Waals surface area (Å²) in [4.78, 5) is 11.4. The van der Waals surface area contributed by atoms with Crippen LogP contribution in [0, 0.1) is 17.2 Å². The maximum Gasteiger partial charge on any atom is 0.220 e. The first-order valence-corrected chi connectivity index (χ1v) is 5.47. The first kappa shape index (κ1) is 11.0. The zero-order chi connectivity index (χ0) is 10.4. The van der Waals surface area contributed by atoms with Crippen molar-refractivity contribution in [2.24, 2.45) is 5.92 Å². The standard InChI is InChI=1S/C11H18N2O/c1-2-3-7-11(14)13-10-6-4-5-9(10)8-12/h9-10H,2-7H2,1H3,(H,13,14). The van der Waals surface area contributed by atoms with Crippen LogP contribution in [-0.4, -0.2) is 11.9 Å². The lowest BCUT2D eigenvalue weighted by Crippen LogP contribution is -2.36. The monoisotopic (exact) mass is 194 g/mol. The van der Waals surface area contributed by atoms with Gasteiger partial charge in [0.05, 0.1) is 12.0 Å². The molecule has 0 aromatic carbocycles. The van der Waals surface area contributed by atoms with Gasteiger partial charge in [0, 0.05) is 12.5 Å². The Balaban J connectivity index is 2.29. The summed E-state index contributed by atoms with van der Waals surface area (Å²) in [6.45, 7) is 2.07. The van der Waals surface area contributed by atoms with Crippen LogP contribution in [0.25, 0.3) is 0 Å². The summed E-state index contributed by atoms with van der Waals surface area (Å²) in [5.74, 6) is 0.152. The highest BCUT2D eigenvalue weighted by Crippen LogP contribution is 2.24. The molecule has 1 aliphatic carbocycles. The van der Waals surface area contributed by atoms with Crippen molar-refractivity contribution >= 4 is 5.91 Å². The lowest BCUT2D eigenvalue weighted by atomic mass is 10.1. The minimum absolute atomic E-state index is 0.0422. The highest BCUT2D eigenvalue weighted by molar-refractivity contribution is 5.76.